The number of fused-ring (bicyclic) bond motifs is 1. The highest BCUT2D eigenvalue weighted by molar-refractivity contribution is 5.87. The third-order valence-corrected chi connectivity index (χ3v) is 5.24. The predicted octanol–water partition coefficient (Wildman–Crippen LogP) is 6.45. The van der Waals surface area contributed by atoms with Crippen LogP contribution in [-0.2, 0) is 4.74 Å². The van der Waals surface area contributed by atoms with Crippen molar-refractivity contribution >= 4 is 10.9 Å². The molecule has 2 heterocycles. The minimum absolute atomic E-state index is 0.212. The van der Waals surface area contributed by atoms with Crippen LogP contribution in [0.3, 0.4) is 0 Å². The molecule has 1 aliphatic rings. The van der Waals surface area contributed by atoms with Crippen LogP contribution in [0.15, 0.2) is 36.4 Å². The second-order valence-corrected chi connectivity index (χ2v) is 6.83. The summed E-state index contributed by atoms with van der Waals surface area (Å²) in [6.07, 6.45) is 1.89. The minimum atomic E-state index is -0.235. The number of rotatable bonds is 2. The molecule has 2 aromatic carbocycles. The summed E-state index contributed by atoms with van der Waals surface area (Å²) in [6.45, 7) is 9.30. The second kappa shape index (κ2) is 8.22. The fourth-order valence-corrected chi connectivity index (χ4v) is 3.94. The quantitative estimate of drug-likeness (QED) is 0.505. The lowest BCUT2D eigenvalue weighted by Crippen LogP contribution is -2.17. The Morgan fingerprint density at radius 1 is 0.963 bits per heavy atom. The van der Waals surface area contributed by atoms with Crippen molar-refractivity contribution in [3.8, 4) is 5.69 Å². The number of ether oxygens (including phenoxy) is 1. The number of halogens is 2. The van der Waals surface area contributed by atoms with Crippen LogP contribution in [0.4, 0.5) is 8.78 Å². The Morgan fingerprint density at radius 3 is 2.33 bits per heavy atom. The van der Waals surface area contributed by atoms with Crippen LogP contribution in [0.1, 0.15) is 49.4 Å². The smallest absolute Gasteiger partial charge is 0.126 e. The molecule has 0 spiro atoms. The Hall–Kier alpha value is -2.20. The van der Waals surface area contributed by atoms with Gasteiger partial charge in [-0.15, -0.1) is 0 Å². The summed E-state index contributed by atoms with van der Waals surface area (Å²) in [4.78, 5) is 0. The van der Waals surface area contributed by atoms with E-state index in [2.05, 4.69) is 11.5 Å². The van der Waals surface area contributed by atoms with Gasteiger partial charge in [-0.05, 0) is 74.2 Å². The molecule has 4 heteroatoms. The van der Waals surface area contributed by atoms with E-state index in [9.17, 15) is 8.78 Å². The van der Waals surface area contributed by atoms with E-state index in [1.54, 1.807) is 19.1 Å². The van der Waals surface area contributed by atoms with Gasteiger partial charge in [0.25, 0.3) is 0 Å². The van der Waals surface area contributed by atoms with Gasteiger partial charge in [0.05, 0.1) is 5.52 Å². The fraction of sp³-hybridized carbons (Fsp3) is 0.391. The van der Waals surface area contributed by atoms with Crippen LogP contribution in [0.2, 0.25) is 0 Å². The Bertz CT molecular complexity index is 939. The van der Waals surface area contributed by atoms with Crippen molar-refractivity contribution in [1.29, 1.82) is 0 Å². The van der Waals surface area contributed by atoms with Crippen molar-refractivity contribution in [1.82, 2.24) is 4.57 Å². The van der Waals surface area contributed by atoms with E-state index in [0.29, 0.717) is 11.5 Å². The largest absolute Gasteiger partial charge is 0.381 e. The molecule has 4 rings (SSSR count). The van der Waals surface area contributed by atoms with Gasteiger partial charge >= 0.3 is 0 Å². The van der Waals surface area contributed by atoms with Crippen LogP contribution in [-0.4, -0.2) is 17.8 Å². The zero-order valence-electron chi connectivity index (χ0n) is 16.5. The molecule has 144 valence electrons. The molecule has 0 aliphatic carbocycles. The minimum Gasteiger partial charge on any atom is -0.381 e. The van der Waals surface area contributed by atoms with Gasteiger partial charge in [0, 0.05) is 35.9 Å². The Morgan fingerprint density at radius 2 is 1.67 bits per heavy atom. The number of nitrogens with zero attached hydrogens (tertiary/aromatic N) is 1. The third kappa shape index (κ3) is 3.63. The molecular weight excluding hydrogens is 344 g/mol. The van der Waals surface area contributed by atoms with Crippen LogP contribution in [0.25, 0.3) is 16.6 Å². The van der Waals surface area contributed by atoms with Gasteiger partial charge in [-0.2, -0.15) is 0 Å². The van der Waals surface area contributed by atoms with E-state index in [1.165, 1.54) is 17.8 Å². The standard InChI is InChI=1S/C21H21F2NO.C2H6/c1-13-11-17(4-5-19(13)23)24-20-6-3-16(22)12-18(20)14(2)21(24)15-7-9-25-10-8-15;1-2/h3-6,11-12,15H,7-10H2,1-2H3;1-2H3. The molecule has 0 saturated carbocycles. The first-order valence-electron chi connectivity index (χ1n) is 9.71. The molecule has 0 radical (unpaired) electrons. The summed E-state index contributed by atoms with van der Waals surface area (Å²) in [6, 6.07) is 10.1. The van der Waals surface area contributed by atoms with Crippen LogP contribution >= 0.6 is 0 Å². The van der Waals surface area contributed by atoms with Crippen molar-refractivity contribution in [2.75, 3.05) is 13.2 Å². The maximum absolute atomic E-state index is 13.8. The monoisotopic (exact) mass is 371 g/mol. The molecular formula is C23H27F2NO. The molecule has 1 fully saturated rings. The summed E-state index contributed by atoms with van der Waals surface area (Å²) < 4.78 is 35.3. The number of hydrogen-bond donors (Lipinski definition) is 0. The normalized spacial score (nSPS) is 14.9. The zero-order valence-corrected chi connectivity index (χ0v) is 16.5. The second-order valence-electron chi connectivity index (χ2n) is 6.83. The molecule has 0 amide bonds. The lowest BCUT2D eigenvalue weighted by atomic mass is 9.93. The van der Waals surface area contributed by atoms with E-state index < -0.39 is 0 Å². The first-order valence-corrected chi connectivity index (χ1v) is 9.71. The van der Waals surface area contributed by atoms with E-state index in [-0.39, 0.29) is 11.6 Å². The van der Waals surface area contributed by atoms with Gasteiger partial charge in [-0.3, -0.25) is 0 Å². The molecule has 0 atom stereocenters. The Kier molecular flexibility index (Phi) is 5.95. The average Bonchev–Trinajstić information content (AvgIpc) is 2.98. The highest BCUT2D eigenvalue weighted by atomic mass is 19.1. The first-order chi connectivity index (χ1) is 13.1. The number of aryl methyl sites for hydroxylation is 2. The zero-order chi connectivity index (χ0) is 19.6. The average molecular weight is 371 g/mol. The number of benzene rings is 2. The molecule has 1 aliphatic heterocycles. The molecule has 0 N–H and O–H groups in total. The van der Waals surface area contributed by atoms with Crippen molar-refractivity contribution in [2.24, 2.45) is 0 Å². The molecule has 3 aromatic rings. The van der Waals surface area contributed by atoms with Gasteiger partial charge in [-0.1, -0.05) is 13.8 Å². The summed E-state index contributed by atoms with van der Waals surface area (Å²) in [5.41, 5.74) is 4.78. The van der Waals surface area contributed by atoms with Crippen LogP contribution < -0.4 is 0 Å². The van der Waals surface area contributed by atoms with Crippen LogP contribution in [0, 0.1) is 25.5 Å². The topological polar surface area (TPSA) is 14.2 Å². The van der Waals surface area contributed by atoms with E-state index >= 15 is 0 Å². The molecule has 1 aromatic heterocycles. The molecule has 0 bridgehead atoms. The van der Waals surface area contributed by atoms with Gasteiger partial charge < -0.3 is 9.30 Å². The van der Waals surface area contributed by atoms with Crippen LogP contribution in [0.5, 0.6) is 0 Å². The summed E-state index contributed by atoms with van der Waals surface area (Å²) >= 11 is 0. The summed E-state index contributed by atoms with van der Waals surface area (Å²) in [7, 11) is 0. The Balaban J connectivity index is 0.00000102. The molecule has 1 saturated heterocycles. The molecule has 2 nitrogen and oxygen atoms in total. The van der Waals surface area contributed by atoms with Gasteiger partial charge in [0.2, 0.25) is 0 Å². The third-order valence-electron chi connectivity index (χ3n) is 5.24. The van der Waals surface area contributed by atoms with E-state index in [4.69, 9.17) is 4.74 Å². The maximum Gasteiger partial charge on any atom is 0.126 e. The lowest BCUT2D eigenvalue weighted by molar-refractivity contribution is 0.0841. The molecule has 27 heavy (non-hydrogen) atoms. The van der Waals surface area contributed by atoms with E-state index in [1.807, 2.05) is 26.0 Å². The van der Waals surface area contributed by atoms with Crippen molar-refractivity contribution in [2.45, 2.75) is 46.5 Å². The van der Waals surface area contributed by atoms with Gasteiger partial charge in [0.15, 0.2) is 0 Å². The Labute approximate surface area is 159 Å². The van der Waals surface area contributed by atoms with Crippen molar-refractivity contribution in [3.63, 3.8) is 0 Å². The van der Waals surface area contributed by atoms with Gasteiger partial charge in [0.1, 0.15) is 11.6 Å². The lowest BCUT2D eigenvalue weighted by Gasteiger charge is -2.25. The number of aromatic nitrogens is 1. The summed E-state index contributed by atoms with van der Waals surface area (Å²) in [5.74, 6) is -0.0910. The SMILES string of the molecule is CC.Cc1cc(-n2c(C3CCOCC3)c(C)c3cc(F)ccc32)ccc1F. The fourth-order valence-electron chi connectivity index (χ4n) is 3.94. The van der Waals surface area contributed by atoms with E-state index in [0.717, 1.165) is 48.2 Å². The van der Waals surface area contributed by atoms with Crippen molar-refractivity contribution in [3.05, 3.63) is 64.9 Å². The predicted molar refractivity (Wildman–Crippen MR) is 107 cm³/mol. The van der Waals surface area contributed by atoms with Gasteiger partial charge in [-0.25, -0.2) is 8.78 Å². The maximum atomic E-state index is 13.8. The first kappa shape index (κ1) is 19.6. The summed E-state index contributed by atoms with van der Waals surface area (Å²) in [5, 5.41) is 0.920. The highest BCUT2D eigenvalue weighted by Crippen LogP contribution is 2.38. The highest BCUT2D eigenvalue weighted by Gasteiger charge is 2.25. The van der Waals surface area contributed by atoms with Crippen molar-refractivity contribution < 1.29 is 13.5 Å². The molecule has 0 unspecified atom stereocenters. The number of hydrogen-bond acceptors (Lipinski definition) is 1.